The molecule has 2 fully saturated rings. The lowest BCUT2D eigenvalue weighted by Gasteiger charge is -2.47. The van der Waals surface area contributed by atoms with Gasteiger partial charge in [0.15, 0.2) is 0 Å². The normalized spacial score (nSPS) is 32.5. The van der Waals surface area contributed by atoms with Gasteiger partial charge < -0.3 is 5.32 Å². The van der Waals surface area contributed by atoms with E-state index in [1.165, 1.54) is 45.1 Å². The predicted molar refractivity (Wildman–Crippen MR) is 74.3 cm³/mol. The summed E-state index contributed by atoms with van der Waals surface area (Å²) in [5, 5.41) is 3.60. The first-order valence-corrected chi connectivity index (χ1v) is 7.67. The van der Waals surface area contributed by atoms with Crippen molar-refractivity contribution in [3.8, 4) is 0 Å². The first kappa shape index (κ1) is 13.4. The van der Waals surface area contributed by atoms with Gasteiger partial charge in [-0.3, -0.25) is 4.90 Å². The van der Waals surface area contributed by atoms with Crippen LogP contribution >= 0.6 is 0 Å². The van der Waals surface area contributed by atoms with Crippen LogP contribution in [-0.4, -0.2) is 36.1 Å². The molecule has 0 spiro atoms. The van der Waals surface area contributed by atoms with Gasteiger partial charge >= 0.3 is 0 Å². The summed E-state index contributed by atoms with van der Waals surface area (Å²) < 4.78 is 0. The molecule has 1 saturated heterocycles. The minimum Gasteiger partial charge on any atom is -0.313 e. The SMILES string of the molecule is CC(C)NCC(C)N1CCC[C@H]2CCCC[C@H]21. The summed E-state index contributed by atoms with van der Waals surface area (Å²) in [4.78, 5) is 2.81. The highest BCUT2D eigenvalue weighted by molar-refractivity contribution is 4.90. The molecule has 0 amide bonds. The third-order valence-corrected chi connectivity index (χ3v) is 4.67. The Morgan fingerprint density at radius 3 is 2.53 bits per heavy atom. The summed E-state index contributed by atoms with van der Waals surface area (Å²) in [6, 6.07) is 2.23. The maximum absolute atomic E-state index is 3.60. The van der Waals surface area contributed by atoms with Crippen molar-refractivity contribution in [3.05, 3.63) is 0 Å². The van der Waals surface area contributed by atoms with Crippen LogP contribution in [0.4, 0.5) is 0 Å². The number of nitrogens with zero attached hydrogens (tertiary/aromatic N) is 1. The van der Waals surface area contributed by atoms with E-state index in [0.717, 1.165) is 18.5 Å². The smallest absolute Gasteiger partial charge is 0.0195 e. The molecule has 0 bridgehead atoms. The molecule has 0 aromatic carbocycles. The van der Waals surface area contributed by atoms with E-state index >= 15 is 0 Å². The van der Waals surface area contributed by atoms with E-state index in [1.54, 1.807) is 0 Å². The number of hydrogen-bond acceptors (Lipinski definition) is 2. The van der Waals surface area contributed by atoms with E-state index in [2.05, 4.69) is 31.0 Å². The van der Waals surface area contributed by atoms with Gasteiger partial charge in [0, 0.05) is 24.7 Å². The Labute approximate surface area is 107 Å². The minimum atomic E-state index is 0.615. The molecule has 1 aliphatic carbocycles. The summed E-state index contributed by atoms with van der Waals surface area (Å²) in [6.45, 7) is 9.38. The third kappa shape index (κ3) is 3.45. The first-order valence-electron chi connectivity index (χ1n) is 7.67. The summed E-state index contributed by atoms with van der Waals surface area (Å²) in [5.74, 6) is 1.01. The lowest BCUT2D eigenvalue weighted by molar-refractivity contribution is 0.0310. The molecule has 0 aromatic heterocycles. The Morgan fingerprint density at radius 1 is 1.06 bits per heavy atom. The zero-order valence-electron chi connectivity index (χ0n) is 11.9. The van der Waals surface area contributed by atoms with Gasteiger partial charge in [0.2, 0.25) is 0 Å². The van der Waals surface area contributed by atoms with Crippen molar-refractivity contribution in [1.29, 1.82) is 0 Å². The fraction of sp³-hybridized carbons (Fsp3) is 1.00. The fourth-order valence-corrected chi connectivity index (χ4v) is 3.73. The van der Waals surface area contributed by atoms with Crippen LogP contribution in [0.15, 0.2) is 0 Å². The summed E-state index contributed by atoms with van der Waals surface area (Å²) in [7, 11) is 0. The fourth-order valence-electron chi connectivity index (χ4n) is 3.73. The van der Waals surface area contributed by atoms with Crippen molar-refractivity contribution in [2.24, 2.45) is 5.92 Å². The van der Waals surface area contributed by atoms with Crippen LogP contribution in [0.3, 0.4) is 0 Å². The second-order valence-corrected chi connectivity index (χ2v) is 6.40. The molecule has 2 nitrogen and oxygen atoms in total. The lowest BCUT2D eigenvalue weighted by Crippen LogP contribution is -2.53. The number of nitrogens with one attached hydrogen (secondary N) is 1. The zero-order valence-corrected chi connectivity index (χ0v) is 11.9. The topological polar surface area (TPSA) is 15.3 Å². The third-order valence-electron chi connectivity index (χ3n) is 4.67. The van der Waals surface area contributed by atoms with Gasteiger partial charge in [-0.05, 0) is 45.1 Å². The summed E-state index contributed by atoms with van der Waals surface area (Å²) in [5.41, 5.74) is 0. The molecular weight excluding hydrogens is 208 g/mol. The van der Waals surface area contributed by atoms with Crippen LogP contribution in [0, 0.1) is 5.92 Å². The molecule has 1 heterocycles. The number of fused-ring (bicyclic) bond motifs is 1. The number of hydrogen-bond donors (Lipinski definition) is 1. The quantitative estimate of drug-likeness (QED) is 0.810. The second-order valence-electron chi connectivity index (χ2n) is 6.40. The number of piperidine rings is 1. The van der Waals surface area contributed by atoms with Gasteiger partial charge in [-0.25, -0.2) is 0 Å². The Hall–Kier alpha value is -0.0800. The predicted octanol–water partition coefficient (Wildman–Crippen LogP) is 3.03. The van der Waals surface area contributed by atoms with Crippen molar-refractivity contribution < 1.29 is 0 Å². The summed E-state index contributed by atoms with van der Waals surface area (Å²) in [6.07, 6.45) is 8.80. The van der Waals surface area contributed by atoms with E-state index in [0.29, 0.717) is 12.1 Å². The highest BCUT2D eigenvalue weighted by Gasteiger charge is 2.34. The zero-order chi connectivity index (χ0) is 12.3. The van der Waals surface area contributed by atoms with Gasteiger partial charge in [-0.15, -0.1) is 0 Å². The van der Waals surface area contributed by atoms with Crippen molar-refractivity contribution in [3.63, 3.8) is 0 Å². The number of likely N-dealkylation sites (tertiary alicyclic amines) is 1. The molecule has 1 unspecified atom stereocenters. The Kier molecular flexibility index (Phi) is 4.87. The highest BCUT2D eigenvalue weighted by atomic mass is 15.2. The van der Waals surface area contributed by atoms with E-state index in [-0.39, 0.29) is 0 Å². The van der Waals surface area contributed by atoms with Crippen molar-refractivity contribution in [2.75, 3.05) is 13.1 Å². The molecule has 0 aromatic rings. The molecule has 17 heavy (non-hydrogen) atoms. The van der Waals surface area contributed by atoms with E-state index < -0.39 is 0 Å². The molecule has 1 N–H and O–H groups in total. The summed E-state index contributed by atoms with van der Waals surface area (Å²) >= 11 is 0. The van der Waals surface area contributed by atoms with Crippen LogP contribution in [0.25, 0.3) is 0 Å². The van der Waals surface area contributed by atoms with E-state index in [9.17, 15) is 0 Å². The van der Waals surface area contributed by atoms with Gasteiger partial charge in [-0.1, -0.05) is 26.7 Å². The maximum Gasteiger partial charge on any atom is 0.0195 e. The average molecular weight is 238 g/mol. The Balaban J connectivity index is 1.88. The van der Waals surface area contributed by atoms with Crippen LogP contribution in [0.1, 0.15) is 59.3 Å². The average Bonchev–Trinajstić information content (AvgIpc) is 2.35. The Bertz CT molecular complexity index is 225. The lowest BCUT2D eigenvalue weighted by atomic mass is 9.78. The number of rotatable bonds is 4. The first-order chi connectivity index (χ1) is 8.18. The molecule has 1 aliphatic heterocycles. The van der Waals surface area contributed by atoms with Crippen LogP contribution in [-0.2, 0) is 0 Å². The van der Waals surface area contributed by atoms with Crippen LogP contribution in [0.2, 0.25) is 0 Å². The van der Waals surface area contributed by atoms with E-state index in [4.69, 9.17) is 0 Å². The maximum atomic E-state index is 3.60. The molecule has 2 rings (SSSR count). The highest BCUT2D eigenvalue weighted by Crippen LogP contribution is 2.36. The molecule has 3 atom stereocenters. The molecule has 2 heteroatoms. The largest absolute Gasteiger partial charge is 0.313 e. The van der Waals surface area contributed by atoms with Crippen LogP contribution < -0.4 is 5.32 Å². The van der Waals surface area contributed by atoms with Gasteiger partial charge in [0.1, 0.15) is 0 Å². The Morgan fingerprint density at radius 2 is 1.76 bits per heavy atom. The molecule has 2 aliphatic rings. The van der Waals surface area contributed by atoms with Crippen molar-refractivity contribution >= 4 is 0 Å². The van der Waals surface area contributed by atoms with Gasteiger partial charge in [0.25, 0.3) is 0 Å². The molecular formula is C15H30N2. The molecule has 0 radical (unpaired) electrons. The standard InChI is InChI=1S/C15H30N2/c1-12(2)16-11-13(3)17-10-6-8-14-7-4-5-9-15(14)17/h12-16H,4-11H2,1-3H3/t13?,14-,15-/m1/s1. The van der Waals surface area contributed by atoms with Crippen LogP contribution in [0.5, 0.6) is 0 Å². The van der Waals surface area contributed by atoms with Crippen molar-refractivity contribution in [2.45, 2.75) is 77.4 Å². The van der Waals surface area contributed by atoms with Gasteiger partial charge in [0.05, 0.1) is 0 Å². The van der Waals surface area contributed by atoms with E-state index in [1.807, 2.05) is 0 Å². The molecule has 1 saturated carbocycles. The minimum absolute atomic E-state index is 0.615. The van der Waals surface area contributed by atoms with Gasteiger partial charge in [-0.2, -0.15) is 0 Å². The van der Waals surface area contributed by atoms with Crippen molar-refractivity contribution in [1.82, 2.24) is 10.2 Å². The second kappa shape index (κ2) is 6.19. The molecule has 100 valence electrons. The monoisotopic (exact) mass is 238 g/mol.